The molecule has 0 amide bonds. The van der Waals surface area contributed by atoms with Crippen molar-refractivity contribution >= 4 is 22.6 Å². The summed E-state index contributed by atoms with van der Waals surface area (Å²) in [6, 6.07) is 5.43. The Labute approximate surface area is 159 Å². The Hall–Kier alpha value is -2.06. The van der Waals surface area contributed by atoms with Crippen LogP contribution < -0.4 is 0 Å². The van der Waals surface area contributed by atoms with Gasteiger partial charge in [-0.2, -0.15) is 0 Å². The molecule has 2 heterocycles. The van der Waals surface area contributed by atoms with E-state index in [1.165, 1.54) is 18.5 Å². The molecule has 0 saturated heterocycles. The Kier molecular flexibility index (Phi) is 4.63. The van der Waals surface area contributed by atoms with Crippen LogP contribution in [0.5, 0.6) is 0 Å². The van der Waals surface area contributed by atoms with Gasteiger partial charge in [-0.25, -0.2) is 14.4 Å². The number of hydrogen-bond donors (Lipinski definition) is 3. The topological polar surface area (TPSA) is 91.4 Å². The summed E-state index contributed by atoms with van der Waals surface area (Å²) in [5, 5.41) is 32.6. The fourth-order valence-electron chi connectivity index (χ4n) is 3.94. The normalized spacial score (nSPS) is 26.6. The zero-order valence-electron chi connectivity index (χ0n) is 14.5. The maximum absolute atomic E-state index is 13.7. The maximum atomic E-state index is 13.7. The van der Waals surface area contributed by atoms with Gasteiger partial charge in [-0.1, -0.05) is 17.7 Å². The molecule has 0 aliphatic heterocycles. The number of nitrogens with zero attached hydrogens (tertiary/aromatic N) is 3. The van der Waals surface area contributed by atoms with Gasteiger partial charge in [0.2, 0.25) is 0 Å². The first kappa shape index (κ1) is 18.3. The molecule has 0 spiro atoms. The summed E-state index contributed by atoms with van der Waals surface area (Å²) < 4.78 is 15.5. The van der Waals surface area contributed by atoms with E-state index in [-0.39, 0.29) is 5.02 Å². The molecule has 1 fully saturated rings. The number of halogens is 2. The highest BCUT2D eigenvalue weighted by atomic mass is 35.5. The number of aliphatic hydroxyl groups excluding tert-OH is 3. The van der Waals surface area contributed by atoms with Crippen molar-refractivity contribution in [1.29, 1.82) is 0 Å². The molecule has 8 heteroatoms. The van der Waals surface area contributed by atoms with Crippen molar-refractivity contribution in [2.24, 2.45) is 5.92 Å². The van der Waals surface area contributed by atoms with Gasteiger partial charge >= 0.3 is 0 Å². The average molecular weight is 392 g/mol. The SMILES string of the molecule is Cc1ncnc2c1ccn2[C@@H]1CC([C@H](O)c2ccc(Cl)c(F)c2)[C@@H](O)[C@H]1O. The lowest BCUT2D eigenvalue weighted by atomic mass is 9.92. The second kappa shape index (κ2) is 6.83. The zero-order valence-corrected chi connectivity index (χ0v) is 15.3. The van der Waals surface area contributed by atoms with Crippen LogP contribution in [0.25, 0.3) is 11.0 Å². The molecule has 1 aliphatic carbocycles. The summed E-state index contributed by atoms with van der Waals surface area (Å²) in [6.07, 6.45) is 0.167. The summed E-state index contributed by atoms with van der Waals surface area (Å²) in [4.78, 5) is 8.44. The van der Waals surface area contributed by atoms with Crippen molar-refractivity contribution in [3.63, 3.8) is 0 Å². The Morgan fingerprint density at radius 1 is 1.22 bits per heavy atom. The van der Waals surface area contributed by atoms with E-state index in [2.05, 4.69) is 9.97 Å². The molecular formula is C19H19ClFN3O3. The number of rotatable bonds is 3. The van der Waals surface area contributed by atoms with E-state index in [1.54, 1.807) is 10.8 Å². The van der Waals surface area contributed by atoms with Gasteiger partial charge in [0.05, 0.1) is 29.0 Å². The third kappa shape index (κ3) is 3.00. The monoisotopic (exact) mass is 391 g/mol. The molecule has 4 rings (SSSR count). The largest absolute Gasteiger partial charge is 0.390 e. The second-order valence-corrected chi connectivity index (χ2v) is 7.39. The van der Waals surface area contributed by atoms with Gasteiger partial charge in [0.25, 0.3) is 0 Å². The highest BCUT2D eigenvalue weighted by Crippen LogP contribution is 2.43. The van der Waals surface area contributed by atoms with E-state index in [0.717, 1.165) is 17.1 Å². The lowest BCUT2D eigenvalue weighted by Crippen LogP contribution is -2.31. The van der Waals surface area contributed by atoms with Crippen molar-refractivity contribution in [2.75, 3.05) is 0 Å². The number of aryl methyl sites for hydroxylation is 1. The van der Waals surface area contributed by atoms with Crippen LogP contribution in [0.3, 0.4) is 0 Å². The predicted octanol–water partition coefficient (Wildman–Crippen LogP) is 2.55. The Bertz CT molecular complexity index is 995. The molecule has 2 aromatic heterocycles. The summed E-state index contributed by atoms with van der Waals surface area (Å²) in [5.41, 5.74) is 1.79. The molecule has 1 unspecified atom stereocenters. The van der Waals surface area contributed by atoms with Gasteiger partial charge in [0, 0.05) is 17.5 Å². The molecule has 6 nitrogen and oxygen atoms in total. The smallest absolute Gasteiger partial charge is 0.143 e. The van der Waals surface area contributed by atoms with Gasteiger partial charge in [-0.3, -0.25) is 0 Å². The van der Waals surface area contributed by atoms with Crippen LogP contribution in [0.2, 0.25) is 5.02 Å². The quantitative estimate of drug-likeness (QED) is 0.638. The summed E-state index contributed by atoms with van der Waals surface area (Å²) in [6.45, 7) is 1.87. The van der Waals surface area contributed by atoms with Crippen molar-refractivity contribution < 1.29 is 19.7 Å². The first-order valence-electron chi connectivity index (χ1n) is 8.65. The van der Waals surface area contributed by atoms with Crippen molar-refractivity contribution in [3.05, 3.63) is 58.9 Å². The lowest BCUT2D eigenvalue weighted by Gasteiger charge is -2.22. The fraction of sp³-hybridized carbons (Fsp3) is 0.368. The minimum absolute atomic E-state index is 0.0373. The van der Waals surface area contributed by atoms with Crippen LogP contribution >= 0.6 is 11.6 Å². The number of fused-ring (bicyclic) bond motifs is 1. The predicted molar refractivity (Wildman–Crippen MR) is 97.8 cm³/mol. The fourth-order valence-corrected chi connectivity index (χ4v) is 4.06. The van der Waals surface area contributed by atoms with E-state index in [1.807, 2.05) is 13.0 Å². The molecule has 1 saturated carbocycles. The average Bonchev–Trinajstić information content (AvgIpc) is 3.20. The molecule has 5 atom stereocenters. The highest BCUT2D eigenvalue weighted by molar-refractivity contribution is 6.30. The van der Waals surface area contributed by atoms with Gasteiger partial charge in [0.15, 0.2) is 0 Å². The van der Waals surface area contributed by atoms with E-state index < -0.39 is 36.1 Å². The van der Waals surface area contributed by atoms with Gasteiger partial charge in [-0.05, 0) is 37.1 Å². The minimum Gasteiger partial charge on any atom is -0.390 e. The van der Waals surface area contributed by atoms with Crippen LogP contribution in [0.15, 0.2) is 36.8 Å². The molecule has 27 heavy (non-hydrogen) atoms. The number of hydrogen-bond acceptors (Lipinski definition) is 5. The van der Waals surface area contributed by atoms with Crippen LogP contribution in [0, 0.1) is 18.7 Å². The second-order valence-electron chi connectivity index (χ2n) is 6.99. The highest BCUT2D eigenvalue weighted by Gasteiger charge is 2.46. The lowest BCUT2D eigenvalue weighted by molar-refractivity contribution is -0.0265. The molecular weight excluding hydrogens is 373 g/mol. The van der Waals surface area contributed by atoms with E-state index in [0.29, 0.717) is 17.6 Å². The molecule has 0 bridgehead atoms. The third-order valence-corrected chi connectivity index (χ3v) is 5.76. The Balaban J connectivity index is 1.66. The van der Waals surface area contributed by atoms with Crippen LogP contribution in [-0.4, -0.2) is 42.1 Å². The van der Waals surface area contributed by atoms with Crippen molar-refractivity contribution in [2.45, 2.75) is 37.7 Å². The Morgan fingerprint density at radius 2 is 2.00 bits per heavy atom. The molecule has 3 aromatic rings. The zero-order chi connectivity index (χ0) is 19.3. The summed E-state index contributed by atoms with van der Waals surface area (Å²) in [7, 11) is 0. The Morgan fingerprint density at radius 3 is 2.74 bits per heavy atom. The van der Waals surface area contributed by atoms with Gasteiger partial charge in [0.1, 0.15) is 23.9 Å². The number of benzene rings is 1. The van der Waals surface area contributed by atoms with Crippen molar-refractivity contribution in [3.8, 4) is 0 Å². The first-order valence-corrected chi connectivity index (χ1v) is 9.03. The molecule has 0 radical (unpaired) electrons. The van der Waals surface area contributed by atoms with Crippen LogP contribution in [0.4, 0.5) is 4.39 Å². The van der Waals surface area contributed by atoms with Crippen LogP contribution in [0.1, 0.15) is 29.8 Å². The molecule has 1 aromatic carbocycles. The minimum atomic E-state index is -1.16. The van der Waals surface area contributed by atoms with E-state index >= 15 is 0 Å². The summed E-state index contributed by atoms with van der Waals surface area (Å²) in [5.74, 6) is -1.30. The maximum Gasteiger partial charge on any atom is 0.143 e. The van der Waals surface area contributed by atoms with Crippen LogP contribution in [-0.2, 0) is 0 Å². The standard InChI is InChI=1S/C19H19ClFN3O3/c1-9-11-4-5-24(19(11)23-8-22-9)15-7-12(17(26)18(15)27)16(25)10-2-3-13(20)14(21)6-10/h2-6,8,12,15-18,25-27H,7H2,1H3/t12?,15-,16-,17-,18+/m1/s1. The molecule has 1 aliphatic rings. The first-order chi connectivity index (χ1) is 12.9. The number of aromatic nitrogens is 3. The summed E-state index contributed by atoms with van der Waals surface area (Å²) >= 11 is 5.69. The molecule has 142 valence electrons. The van der Waals surface area contributed by atoms with E-state index in [9.17, 15) is 19.7 Å². The van der Waals surface area contributed by atoms with E-state index in [4.69, 9.17) is 11.6 Å². The van der Waals surface area contributed by atoms with Gasteiger partial charge in [-0.15, -0.1) is 0 Å². The third-order valence-electron chi connectivity index (χ3n) is 5.45. The number of aliphatic hydroxyl groups is 3. The molecule has 3 N–H and O–H groups in total. The van der Waals surface area contributed by atoms with Gasteiger partial charge < -0.3 is 19.9 Å². The van der Waals surface area contributed by atoms with Crippen molar-refractivity contribution in [1.82, 2.24) is 14.5 Å².